The second kappa shape index (κ2) is 8.06. The van der Waals surface area contributed by atoms with Crippen LogP contribution >= 0.6 is 11.6 Å². The van der Waals surface area contributed by atoms with Gasteiger partial charge >= 0.3 is 0 Å². The molecule has 0 heterocycles. The van der Waals surface area contributed by atoms with Crippen LogP contribution in [0.3, 0.4) is 0 Å². The molecule has 0 fully saturated rings. The summed E-state index contributed by atoms with van der Waals surface area (Å²) >= 11 is 6.07. The fourth-order valence-electron chi connectivity index (χ4n) is 2.37. The van der Waals surface area contributed by atoms with Crippen molar-refractivity contribution in [1.29, 1.82) is 0 Å². The van der Waals surface area contributed by atoms with Crippen molar-refractivity contribution in [2.75, 3.05) is 6.61 Å². The first-order valence-corrected chi connectivity index (χ1v) is 7.81. The number of nitrogens with one attached hydrogen (secondary N) is 1. The topological polar surface area (TPSA) is 21.3 Å². The molecule has 0 aromatic heterocycles. The minimum atomic E-state index is 0.305. The highest BCUT2D eigenvalue weighted by Crippen LogP contribution is 2.21. The first-order chi connectivity index (χ1) is 10.2. The van der Waals surface area contributed by atoms with Gasteiger partial charge in [-0.2, -0.15) is 0 Å². The van der Waals surface area contributed by atoms with Gasteiger partial charge in [0.2, 0.25) is 0 Å². The van der Waals surface area contributed by atoms with Gasteiger partial charge in [-0.05, 0) is 48.7 Å². The first-order valence-electron chi connectivity index (χ1n) is 7.43. The zero-order chi connectivity index (χ0) is 15.1. The maximum atomic E-state index is 6.07. The number of hydrogen-bond acceptors (Lipinski definition) is 2. The van der Waals surface area contributed by atoms with E-state index in [1.807, 2.05) is 37.3 Å². The summed E-state index contributed by atoms with van der Waals surface area (Å²) in [4.78, 5) is 0. The maximum Gasteiger partial charge on any atom is 0.119 e. The Morgan fingerprint density at radius 1 is 1.10 bits per heavy atom. The molecule has 2 rings (SSSR count). The van der Waals surface area contributed by atoms with Crippen LogP contribution in [0.2, 0.25) is 5.02 Å². The highest BCUT2D eigenvalue weighted by Gasteiger charge is 2.09. The van der Waals surface area contributed by atoms with Crippen LogP contribution in [0.4, 0.5) is 0 Å². The van der Waals surface area contributed by atoms with E-state index in [2.05, 4.69) is 30.4 Å². The number of ether oxygens (including phenoxy) is 1. The van der Waals surface area contributed by atoms with Crippen molar-refractivity contribution in [3.8, 4) is 5.75 Å². The molecule has 1 N–H and O–H groups in total. The summed E-state index contributed by atoms with van der Waals surface area (Å²) in [5.74, 6) is 0.924. The van der Waals surface area contributed by atoms with Gasteiger partial charge in [-0.15, -0.1) is 0 Å². The Balaban J connectivity index is 2.01. The lowest BCUT2D eigenvalue weighted by molar-refractivity contribution is 0.339. The fourth-order valence-corrected chi connectivity index (χ4v) is 2.57. The predicted octanol–water partition coefficient (Wildman–Crippen LogP) is 4.98. The van der Waals surface area contributed by atoms with Crippen LogP contribution in [0.25, 0.3) is 0 Å². The highest BCUT2D eigenvalue weighted by atomic mass is 35.5. The molecule has 3 heteroatoms. The summed E-state index contributed by atoms with van der Waals surface area (Å²) in [6.45, 7) is 5.68. The average molecular weight is 304 g/mol. The Morgan fingerprint density at radius 2 is 1.90 bits per heavy atom. The molecule has 2 aromatic rings. The molecule has 0 aliphatic heterocycles. The van der Waals surface area contributed by atoms with Gasteiger partial charge in [-0.3, -0.25) is 0 Å². The van der Waals surface area contributed by atoms with Crippen LogP contribution in [-0.2, 0) is 6.54 Å². The van der Waals surface area contributed by atoms with E-state index < -0.39 is 0 Å². The van der Waals surface area contributed by atoms with Gasteiger partial charge in [0.25, 0.3) is 0 Å². The van der Waals surface area contributed by atoms with E-state index >= 15 is 0 Å². The van der Waals surface area contributed by atoms with Gasteiger partial charge in [0.1, 0.15) is 5.75 Å². The third kappa shape index (κ3) is 4.76. The van der Waals surface area contributed by atoms with E-state index in [1.54, 1.807) is 0 Å². The molecule has 1 unspecified atom stereocenters. The Hall–Kier alpha value is -1.51. The van der Waals surface area contributed by atoms with Crippen molar-refractivity contribution in [3.05, 3.63) is 64.7 Å². The molecule has 0 spiro atoms. The third-order valence-corrected chi connectivity index (χ3v) is 3.66. The maximum absolute atomic E-state index is 6.07. The van der Waals surface area contributed by atoms with Gasteiger partial charge in [-0.25, -0.2) is 0 Å². The standard InChI is InChI=1S/C18H22ClNO/c1-3-18(15-8-6-9-16(19)12-15)20-13-14-7-5-10-17(11-14)21-4-2/h5-12,18,20H,3-4,13H2,1-2H3. The van der Waals surface area contributed by atoms with E-state index in [-0.39, 0.29) is 0 Å². The van der Waals surface area contributed by atoms with Crippen molar-refractivity contribution in [2.45, 2.75) is 32.9 Å². The Labute approximate surface area is 132 Å². The van der Waals surface area contributed by atoms with Crippen molar-refractivity contribution < 1.29 is 4.74 Å². The minimum absolute atomic E-state index is 0.305. The van der Waals surface area contributed by atoms with Crippen LogP contribution in [0.15, 0.2) is 48.5 Å². The quantitative estimate of drug-likeness (QED) is 0.779. The van der Waals surface area contributed by atoms with E-state index in [1.165, 1.54) is 11.1 Å². The Morgan fingerprint density at radius 3 is 2.62 bits per heavy atom. The number of hydrogen-bond donors (Lipinski definition) is 1. The SMILES string of the molecule is CCOc1cccc(CNC(CC)c2cccc(Cl)c2)c1. The monoisotopic (exact) mass is 303 g/mol. The van der Waals surface area contributed by atoms with Crippen LogP contribution in [0.1, 0.15) is 37.4 Å². The summed E-state index contributed by atoms with van der Waals surface area (Å²) in [6, 6.07) is 16.6. The van der Waals surface area contributed by atoms with Gasteiger partial charge in [-0.1, -0.05) is 42.8 Å². The summed E-state index contributed by atoms with van der Waals surface area (Å²) < 4.78 is 5.53. The van der Waals surface area contributed by atoms with E-state index in [9.17, 15) is 0 Å². The van der Waals surface area contributed by atoms with Crippen LogP contribution in [0, 0.1) is 0 Å². The molecule has 0 saturated heterocycles. The molecule has 0 amide bonds. The molecule has 0 saturated carbocycles. The first kappa shape index (κ1) is 15.9. The highest BCUT2D eigenvalue weighted by molar-refractivity contribution is 6.30. The summed E-state index contributed by atoms with van der Waals surface area (Å²) in [7, 11) is 0. The van der Waals surface area contributed by atoms with Gasteiger partial charge in [0, 0.05) is 17.6 Å². The Kier molecular flexibility index (Phi) is 6.09. The van der Waals surface area contributed by atoms with Crippen molar-refractivity contribution >= 4 is 11.6 Å². The van der Waals surface area contributed by atoms with Crippen molar-refractivity contribution in [3.63, 3.8) is 0 Å². The predicted molar refractivity (Wildman–Crippen MR) is 88.9 cm³/mol. The number of halogens is 1. The lowest BCUT2D eigenvalue weighted by Gasteiger charge is -2.18. The van der Waals surface area contributed by atoms with Crippen molar-refractivity contribution in [1.82, 2.24) is 5.32 Å². The molecule has 0 bridgehead atoms. The molecule has 0 aliphatic carbocycles. The molecule has 112 valence electrons. The molecule has 2 nitrogen and oxygen atoms in total. The molecular formula is C18H22ClNO. The molecule has 0 radical (unpaired) electrons. The number of rotatable bonds is 7. The summed E-state index contributed by atoms with van der Waals surface area (Å²) in [6.07, 6.45) is 1.02. The van der Waals surface area contributed by atoms with E-state index in [4.69, 9.17) is 16.3 Å². The molecule has 1 atom stereocenters. The lowest BCUT2D eigenvalue weighted by Crippen LogP contribution is -2.20. The minimum Gasteiger partial charge on any atom is -0.494 e. The van der Waals surface area contributed by atoms with Crippen LogP contribution in [0.5, 0.6) is 5.75 Å². The van der Waals surface area contributed by atoms with Crippen molar-refractivity contribution in [2.24, 2.45) is 0 Å². The molecule has 2 aromatic carbocycles. The number of benzene rings is 2. The zero-order valence-corrected chi connectivity index (χ0v) is 13.4. The molecule has 0 aliphatic rings. The second-order valence-electron chi connectivity index (χ2n) is 4.98. The van der Waals surface area contributed by atoms with Gasteiger partial charge in [0.05, 0.1) is 6.61 Å². The van der Waals surface area contributed by atoms with Gasteiger partial charge in [0.15, 0.2) is 0 Å². The smallest absolute Gasteiger partial charge is 0.119 e. The molecular weight excluding hydrogens is 282 g/mol. The average Bonchev–Trinajstić information content (AvgIpc) is 2.49. The largest absolute Gasteiger partial charge is 0.494 e. The van der Waals surface area contributed by atoms with Crippen LogP contribution in [-0.4, -0.2) is 6.61 Å². The fraction of sp³-hybridized carbons (Fsp3) is 0.333. The summed E-state index contributed by atoms with van der Waals surface area (Å²) in [5.41, 5.74) is 2.45. The van der Waals surface area contributed by atoms with E-state index in [0.29, 0.717) is 12.6 Å². The van der Waals surface area contributed by atoms with Crippen LogP contribution < -0.4 is 10.1 Å². The van der Waals surface area contributed by atoms with Gasteiger partial charge < -0.3 is 10.1 Å². The summed E-state index contributed by atoms with van der Waals surface area (Å²) in [5, 5.41) is 4.37. The lowest BCUT2D eigenvalue weighted by atomic mass is 10.0. The second-order valence-corrected chi connectivity index (χ2v) is 5.41. The normalized spacial score (nSPS) is 12.1. The van der Waals surface area contributed by atoms with E-state index in [0.717, 1.165) is 23.7 Å². The third-order valence-electron chi connectivity index (χ3n) is 3.42. The molecule has 21 heavy (non-hydrogen) atoms. The Bertz CT molecular complexity index is 571. The zero-order valence-electron chi connectivity index (χ0n) is 12.6.